The van der Waals surface area contributed by atoms with Gasteiger partial charge in [0.15, 0.2) is 5.82 Å². The summed E-state index contributed by atoms with van der Waals surface area (Å²) < 4.78 is 29.9. The number of hydrogen-bond acceptors (Lipinski definition) is 5. The minimum Gasteiger partial charge on any atom is -0.311 e. The highest BCUT2D eigenvalue weighted by Gasteiger charge is 2.27. The van der Waals surface area contributed by atoms with E-state index in [4.69, 9.17) is 0 Å². The summed E-state index contributed by atoms with van der Waals surface area (Å²) in [6.07, 6.45) is 6.72. The topological polar surface area (TPSA) is 74.2 Å². The molecule has 9 heteroatoms. The molecule has 0 fully saturated rings. The maximum absolute atomic E-state index is 14.4. The standard InChI is InChI=1S/C29H38F2N6O/c1-4-7-26(34-23-11-10-20-14-22(30)15-25(31)24(20)16-23)29(38)35-28-18-37(19-33-28)27-9-6-5-8-21(27)17-32-12-13-36(2)3/h5-6,8-9,14-15,18-19,23,26,32,34H,4,7,10-13,16-17H2,1-3H3,(H,35,38)/t23-,26+/m0/s1. The number of imidazole rings is 1. The molecule has 7 nitrogen and oxygen atoms in total. The van der Waals surface area contributed by atoms with Crippen LogP contribution in [0.4, 0.5) is 14.6 Å². The highest BCUT2D eigenvalue weighted by molar-refractivity contribution is 5.94. The second-order valence-electron chi connectivity index (χ2n) is 10.2. The number of carbonyl (C=O) groups is 1. The molecule has 0 aliphatic heterocycles. The maximum Gasteiger partial charge on any atom is 0.242 e. The highest BCUT2D eigenvalue weighted by Crippen LogP contribution is 2.26. The molecule has 1 aromatic heterocycles. The van der Waals surface area contributed by atoms with E-state index in [1.807, 2.05) is 50.0 Å². The average molecular weight is 525 g/mol. The minimum absolute atomic E-state index is 0.0609. The van der Waals surface area contributed by atoms with Crippen LogP contribution >= 0.6 is 0 Å². The molecule has 1 heterocycles. The van der Waals surface area contributed by atoms with Crippen LogP contribution in [0, 0.1) is 11.6 Å². The van der Waals surface area contributed by atoms with Gasteiger partial charge in [0.2, 0.25) is 5.91 Å². The average Bonchev–Trinajstić information content (AvgIpc) is 3.35. The first-order chi connectivity index (χ1) is 18.3. The molecule has 3 aromatic rings. The van der Waals surface area contributed by atoms with Crippen LogP contribution in [0.5, 0.6) is 0 Å². The van der Waals surface area contributed by atoms with Gasteiger partial charge in [-0.25, -0.2) is 13.8 Å². The van der Waals surface area contributed by atoms with Gasteiger partial charge < -0.3 is 25.4 Å². The fraction of sp³-hybridized carbons (Fsp3) is 0.448. The quantitative estimate of drug-likeness (QED) is 0.312. The Morgan fingerprint density at radius 3 is 2.84 bits per heavy atom. The van der Waals surface area contributed by atoms with Gasteiger partial charge in [-0.05, 0) is 68.6 Å². The van der Waals surface area contributed by atoms with Crippen molar-refractivity contribution in [2.45, 2.75) is 57.7 Å². The van der Waals surface area contributed by atoms with Crippen molar-refractivity contribution in [3.8, 4) is 5.69 Å². The summed E-state index contributed by atoms with van der Waals surface area (Å²) in [6, 6.07) is 9.96. The van der Waals surface area contributed by atoms with Gasteiger partial charge in [-0.2, -0.15) is 0 Å². The molecule has 1 aliphatic carbocycles. The van der Waals surface area contributed by atoms with Crippen LogP contribution in [0.3, 0.4) is 0 Å². The van der Waals surface area contributed by atoms with Gasteiger partial charge in [-0.15, -0.1) is 0 Å². The molecule has 38 heavy (non-hydrogen) atoms. The van der Waals surface area contributed by atoms with E-state index in [1.54, 1.807) is 6.33 Å². The molecule has 3 N–H and O–H groups in total. The number of likely N-dealkylation sites (N-methyl/N-ethyl adjacent to an activating group) is 1. The molecule has 0 radical (unpaired) electrons. The molecule has 2 atom stereocenters. The van der Waals surface area contributed by atoms with Crippen LogP contribution in [-0.2, 0) is 24.2 Å². The molecule has 0 bridgehead atoms. The molecule has 0 unspecified atom stereocenters. The number of rotatable bonds is 12. The first-order valence-corrected chi connectivity index (χ1v) is 13.4. The lowest BCUT2D eigenvalue weighted by Gasteiger charge is -2.29. The number of halogens is 2. The van der Waals surface area contributed by atoms with Crippen molar-refractivity contribution < 1.29 is 13.6 Å². The van der Waals surface area contributed by atoms with Crippen molar-refractivity contribution in [3.05, 3.63) is 77.2 Å². The van der Waals surface area contributed by atoms with Gasteiger partial charge in [0.05, 0.1) is 17.9 Å². The minimum atomic E-state index is -0.543. The Bertz CT molecular complexity index is 1230. The van der Waals surface area contributed by atoms with Crippen LogP contribution in [0.2, 0.25) is 0 Å². The molecule has 0 spiro atoms. The summed E-state index contributed by atoms with van der Waals surface area (Å²) in [6.45, 7) is 4.59. The Kier molecular flexibility index (Phi) is 9.60. The molecule has 2 aromatic carbocycles. The second-order valence-corrected chi connectivity index (χ2v) is 10.2. The number of nitrogens with one attached hydrogen (secondary N) is 3. The fourth-order valence-corrected chi connectivity index (χ4v) is 4.96. The van der Waals surface area contributed by atoms with Crippen LogP contribution < -0.4 is 16.0 Å². The number of aromatic nitrogens is 2. The van der Waals surface area contributed by atoms with Gasteiger partial charge in [0, 0.05) is 31.7 Å². The van der Waals surface area contributed by atoms with Crippen molar-refractivity contribution in [1.29, 1.82) is 0 Å². The van der Waals surface area contributed by atoms with Gasteiger partial charge in [0.1, 0.15) is 18.0 Å². The maximum atomic E-state index is 14.4. The van der Waals surface area contributed by atoms with E-state index in [0.717, 1.165) is 55.4 Å². The monoisotopic (exact) mass is 524 g/mol. The van der Waals surface area contributed by atoms with Crippen LogP contribution in [-0.4, -0.2) is 59.6 Å². The lowest BCUT2D eigenvalue weighted by atomic mass is 9.87. The molecular formula is C29H38F2N6O. The Labute approximate surface area is 223 Å². The van der Waals surface area contributed by atoms with E-state index < -0.39 is 17.7 Å². The summed E-state index contributed by atoms with van der Waals surface area (Å²) >= 11 is 0. The Balaban J connectivity index is 1.39. The van der Waals surface area contributed by atoms with Crippen molar-refractivity contribution in [1.82, 2.24) is 25.1 Å². The number of anilines is 1. The third-order valence-corrected chi connectivity index (χ3v) is 6.95. The molecule has 0 saturated carbocycles. The van der Waals surface area contributed by atoms with E-state index in [0.29, 0.717) is 30.6 Å². The molecule has 1 amide bonds. The van der Waals surface area contributed by atoms with Gasteiger partial charge in [-0.3, -0.25) is 4.79 Å². The predicted octanol–water partition coefficient (Wildman–Crippen LogP) is 4.06. The Hall–Kier alpha value is -3.14. The number of benzene rings is 2. The smallest absolute Gasteiger partial charge is 0.242 e. The van der Waals surface area contributed by atoms with Crippen molar-refractivity contribution in [3.63, 3.8) is 0 Å². The highest BCUT2D eigenvalue weighted by atomic mass is 19.1. The lowest BCUT2D eigenvalue weighted by molar-refractivity contribution is -0.118. The van der Waals surface area contributed by atoms with E-state index in [-0.39, 0.29) is 11.9 Å². The molecular weight excluding hydrogens is 486 g/mol. The summed E-state index contributed by atoms with van der Waals surface area (Å²) in [5.41, 5.74) is 3.40. The zero-order valence-corrected chi connectivity index (χ0v) is 22.4. The number of nitrogens with zero attached hydrogens (tertiary/aromatic N) is 3. The second kappa shape index (κ2) is 13.1. The molecule has 0 saturated heterocycles. The number of fused-ring (bicyclic) bond motifs is 1. The number of carbonyl (C=O) groups excluding carboxylic acids is 1. The zero-order valence-electron chi connectivity index (χ0n) is 22.4. The first-order valence-electron chi connectivity index (χ1n) is 13.4. The van der Waals surface area contributed by atoms with Crippen molar-refractivity contribution >= 4 is 11.7 Å². The molecule has 1 aliphatic rings. The number of amides is 1. The van der Waals surface area contributed by atoms with E-state index in [9.17, 15) is 13.6 Å². The normalized spacial score (nSPS) is 15.9. The summed E-state index contributed by atoms with van der Waals surface area (Å²) in [7, 11) is 4.10. The van der Waals surface area contributed by atoms with Gasteiger partial charge >= 0.3 is 0 Å². The number of aryl methyl sites for hydroxylation is 1. The molecule has 4 rings (SSSR count). The zero-order chi connectivity index (χ0) is 27.1. The third kappa shape index (κ3) is 7.24. The van der Waals surface area contributed by atoms with E-state index >= 15 is 0 Å². The summed E-state index contributed by atoms with van der Waals surface area (Å²) in [5.74, 6) is -0.745. The van der Waals surface area contributed by atoms with Gasteiger partial charge in [-0.1, -0.05) is 31.5 Å². The fourth-order valence-electron chi connectivity index (χ4n) is 4.96. The Morgan fingerprint density at radius 1 is 1.24 bits per heavy atom. The predicted molar refractivity (Wildman–Crippen MR) is 146 cm³/mol. The SMILES string of the molecule is CCC[C@@H](N[C@H]1CCc2cc(F)cc(F)c2C1)C(=O)Nc1cn(-c2ccccc2CNCCN(C)C)cn1. The first kappa shape index (κ1) is 27.9. The number of hydrogen-bond donors (Lipinski definition) is 3. The lowest BCUT2D eigenvalue weighted by Crippen LogP contribution is -2.48. The van der Waals surface area contributed by atoms with Crippen LogP contribution in [0.15, 0.2) is 48.9 Å². The van der Waals surface area contributed by atoms with Gasteiger partial charge in [0.25, 0.3) is 0 Å². The van der Waals surface area contributed by atoms with E-state index in [1.165, 1.54) is 6.07 Å². The summed E-state index contributed by atoms with van der Waals surface area (Å²) in [5, 5.41) is 9.84. The summed E-state index contributed by atoms with van der Waals surface area (Å²) in [4.78, 5) is 19.8. The number of para-hydroxylation sites is 1. The van der Waals surface area contributed by atoms with Crippen LogP contribution in [0.25, 0.3) is 5.69 Å². The van der Waals surface area contributed by atoms with Crippen LogP contribution in [0.1, 0.15) is 42.9 Å². The van der Waals surface area contributed by atoms with Crippen molar-refractivity contribution in [2.75, 3.05) is 32.5 Å². The molecule has 204 valence electrons. The van der Waals surface area contributed by atoms with E-state index in [2.05, 4.69) is 31.9 Å². The van der Waals surface area contributed by atoms with Crippen molar-refractivity contribution in [2.24, 2.45) is 0 Å². The Morgan fingerprint density at radius 2 is 2.05 bits per heavy atom. The largest absolute Gasteiger partial charge is 0.311 e. The third-order valence-electron chi connectivity index (χ3n) is 6.95.